The highest BCUT2D eigenvalue weighted by Crippen LogP contribution is 2.18. The van der Waals surface area contributed by atoms with Gasteiger partial charge >= 0.3 is 5.97 Å². The third kappa shape index (κ3) is 4.69. The van der Waals surface area contributed by atoms with Gasteiger partial charge in [0.25, 0.3) is 0 Å². The number of esters is 1. The van der Waals surface area contributed by atoms with Crippen LogP contribution in [0, 0.1) is 5.41 Å². The van der Waals surface area contributed by atoms with E-state index < -0.39 is 5.97 Å². The average molecular weight is 254 g/mol. The molecular weight excluding hydrogens is 232 g/mol. The van der Waals surface area contributed by atoms with Gasteiger partial charge in [-0.15, -0.1) is 0 Å². The van der Waals surface area contributed by atoms with E-state index in [1.54, 1.807) is 20.9 Å². The summed E-state index contributed by atoms with van der Waals surface area (Å²) in [6, 6.07) is 0. The number of carbonyl (C=O) groups excluding carboxylic acids is 1. The van der Waals surface area contributed by atoms with Crippen LogP contribution < -0.4 is 0 Å². The summed E-state index contributed by atoms with van der Waals surface area (Å²) in [5, 5.41) is 9.10. The van der Waals surface area contributed by atoms with Gasteiger partial charge in [-0.1, -0.05) is 20.8 Å². The van der Waals surface area contributed by atoms with Crippen molar-refractivity contribution in [3.63, 3.8) is 0 Å². The Hall–Kier alpha value is -1.65. The Bertz CT molecular complexity index is 388. The van der Waals surface area contributed by atoms with Crippen LogP contribution in [0.1, 0.15) is 34.6 Å². The van der Waals surface area contributed by atoms with Crippen molar-refractivity contribution in [1.82, 2.24) is 0 Å². The summed E-state index contributed by atoms with van der Waals surface area (Å²) in [6.07, 6.45) is 0.715. The fourth-order valence-electron chi connectivity index (χ4n) is 1.27. The van der Waals surface area contributed by atoms with Crippen LogP contribution in [-0.2, 0) is 9.53 Å². The average Bonchev–Trinajstić information content (AvgIpc) is 2.25. The molecule has 102 valence electrons. The molecule has 0 aliphatic rings. The molecule has 0 saturated carbocycles. The van der Waals surface area contributed by atoms with Crippen molar-refractivity contribution in [3.8, 4) is 0 Å². The lowest BCUT2D eigenvalue weighted by atomic mass is 9.95. The number of ether oxygens (including phenoxy) is 1. The predicted octanol–water partition coefficient (Wildman–Crippen LogP) is 2.53. The van der Waals surface area contributed by atoms with Gasteiger partial charge in [0, 0.05) is 12.5 Å². The summed E-state index contributed by atoms with van der Waals surface area (Å²) < 4.78 is 4.83. The third-order valence-electron chi connectivity index (χ3n) is 2.17. The van der Waals surface area contributed by atoms with E-state index in [9.17, 15) is 4.79 Å². The van der Waals surface area contributed by atoms with Gasteiger partial charge in [-0.3, -0.25) is 4.99 Å². The van der Waals surface area contributed by atoms with Crippen molar-refractivity contribution in [1.29, 1.82) is 0 Å². The number of aliphatic hydroxyl groups is 1. The van der Waals surface area contributed by atoms with E-state index in [1.165, 1.54) is 0 Å². The zero-order valence-electron chi connectivity index (χ0n) is 11.9. The minimum absolute atomic E-state index is 0.0438. The Morgan fingerprint density at radius 2 is 1.94 bits per heavy atom. The smallest absolute Gasteiger partial charge is 0.343 e. The highest BCUT2D eigenvalue weighted by Gasteiger charge is 2.20. The Morgan fingerprint density at radius 1 is 1.39 bits per heavy atom. The molecule has 0 aliphatic carbocycles. The first-order valence-electron chi connectivity index (χ1n) is 5.82. The van der Waals surface area contributed by atoms with Crippen LogP contribution in [0.3, 0.4) is 0 Å². The predicted molar refractivity (Wildman–Crippen MR) is 73.3 cm³/mol. The molecule has 0 bridgehead atoms. The van der Waals surface area contributed by atoms with E-state index in [2.05, 4.69) is 9.98 Å². The molecule has 0 radical (unpaired) electrons. The van der Waals surface area contributed by atoms with Crippen LogP contribution in [0.4, 0.5) is 0 Å². The molecule has 0 rings (SSSR count). The number of aliphatic imine (C=N–C) groups is 2. The Kier molecular flexibility index (Phi) is 6.30. The second-order valence-corrected chi connectivity index (χ2v) is 4.76. The topological polar surface area (TPSA) is 71.2 Å². The normalized spacial score (nSPS) is 14.7. The van der Waals surface area contributed by atoms with Crippen molar-refractivity contribution < 1.29 is 14.6 Å². The fourth-order valence-corrected chi connectivity index (χ4v) is 1.27. The highest BCUT2D eigenvalue weighted by molar-refractivity contribution is 6.21. The molecule has 5 nitrogen and oxygen atoms in total. The molecule has 18 heavy (non-hydrogen) atoms. The van der Waals surface area contributed by atoms with Crippen LogP contribution in [0.2, 0.25) is 0 Å². The van der Waals surface area contributed by atoms with Gasteiger partial charge in [0.15, 0.2) is 0 Å². The van der Waals surface area contributed by atoms with Gasteiger partial charge in [-0.2, -0.15) is 0 Å². The maximum atomic E-state index is 11.6. The fraction of sp³-hybridized carbons (Fsp3) is 0.615. The van der Waals surface area contributed by atoms with E-state index >= 15 is 0 Å². The van der Waals surface area contributed by atoms with Gasteiger partial charge in [-0.25, -0.2) is 9.79 Å². The van der Waals surface area contributed by atoms with Crippen LogP contribution in [0.25, 0.3) is 0 Å². The molecule has 5 heteroatoms. The monoisotopic (exact) mass is 254 g/mol. The van der Waals surface area contributed by atoms with E-state index in [0.717, 1.165) is 0 Å². The number of hydrogen-bond donors (Lipinski definition) is 1. The van der Waals surface area contributed by atoms with E-state index in [4.69, 9.17) is 9.84 Å². The van der Waals surface area contributed by atoms with E-state index in [1.807, 2.05) is 20.8 Å². The molecule has 1 N–H and O–H groups in total. The zero-order chi connectivity index (χ0) is 14.3. The van der Waals surface area contributed by atoms with Gasteiger partial charge in [0.2, 0.25) is 0 Å². The summed E-state index contributed by atoms with van der Waals surface area (Å²) in [6.45, 7) is 9.50. The van der Waals surface area contributed by atoms with Crippen LogP contribution >= 0.6 is 0 Å². The van der Waals surface area contributed by atoms with Gasteiger partial charge < -0.3 is 9.84 Å². The first kappa shape index (κ1) is 16.4. The van der Waals surface area contributed by atoms with Crippen molar-refractivity contribution in [3.05, 3.63) is 11.8 Å². The Morgan fingerprint density at radius 3 is 2.28 bits per heavy atom. The van der Waals surface area contributed by atoms with Gasteiger partial charge in [-0.05, 0) is 13.8 Å². The molecule has 0 aromatic rings. The molecule has 0 spiro atoms. The maximum absolute atomic E-state index is 11.6. The van der Waals surface area contributed by atoms with Crippen LogP contribution in [-0.4, -0.2) is 36.3 Å². The lowest BCUT2D eigenvalue weighted by Crippen LogP contribution is -2.22. The standard InChI is InChI=1S/C13H22N2O3/c1-7-18-11(17)10(8-16)9(2)15-12(14-6)13(3,4)5/h8,16H,7H2,1-6H3. The van der Waals surface area contributed by atoms with Crippen LogP contribution in [0.5, 0.6) is 0 Å². The highest BCUT2D eigenvalue weighted by atomic mass is 16.5. The largest absolute Gasteiger partial charge is 0.515 e. The molecule has 0 atom stereocenters. The second kappa shape index (κ2) is 6.93. The minimum Gasteiger partial charge on any atom is -0.515 e. The Balaban J connectivity index is 5.24. The SMILES string of the molecule is CCOC(=O)C(=CO)C(C)=NC(=NC)C(C)(C)C. The van der Waals surface area contributed by atoms with Crippen molar-refractivity contribution in [2.24, 2.45) is 15.4 Å². The summed E-state index contributed by atoms with van der Waals surface area (Å²) in [5.74, 6) is 0.00857. The van der Waals surface area contributed by atoms with Gasteiger partial charge in [0.05, 0.1) is 18.6 Å². The first-order chi connectivity index (χ1) is 8.27. The second-order valence-electron chi connectivity index (χ2n) is 4.76. The molecule has 0 fully saturated rings. The number of carbonyl (C=O) groups is 1. The summed E-state index contributed by atoms with van der Waals surface area (Å²) in [5.41, 5.74) is 0.194. The molecular formula is C13H22N2O3. The maximum Gasteiger partial charge on any atom is 0.343 e. The summed E-state index contributed by atoms with van der Waals surface area (Å²) >= 11 is 0. The minimum atomic E-state index is -0.592. The molecule has 0 amide bonds. The van der Waals surface area contributed by atoms with Crippen molar-refractivity contribution >= 4 is 17.5 Å². The molecule has 0 saturated heterocycles. The lowest BCUT2D eigenvalue weighted by molar-refractivity contribution is -0.137. The summed E-state index contributed by atoms with van der Waals surface area (Å²) in [4.78, 5) is 19.9. The van der Waals surface area contributed by atoms with E-state index in [0.29, 0.717) is 17.8 Å². The number of nitrogens with zero attached hydrogens (tertiary/aromatic N) is 2. The number of hydrogen-bond acceptors (Lipinski definition) is 4. The number of amidine groups is 1. The Labute approximate surface area is 108 Å². The number of rotatable bonds is 3. The van der Waals surface area contributed by atoms with Crippen LogP contribution in [0.15, 0.2) is 21.8 Å². The molecule has 0 aliphatic heterocycles. The summed E-state index contributed by atoms with van der Waals surface area (Å²) in [7, 11) is 1.64. The first-order valence-corrected chi connectivity index (χ1v) is 5.82. The van der Waals surface area contributed by atoms with Crippen molar-refractivity contribution in [2.45, 2.75) is 34.6 Å². The lowest BCUT2D eigenvalue weighted by Gasteiger charge is -2.18. The van der Waals surface area contributed by atoms with Gasteiger partial charge in [0.1, 0.15) is 11.4 Å². The van der Waals surface area contributed by atoms with E-state index in [-0.39, 0.29) is 17.6 Å². The molecule has 0 heterocycles. The number of aliphatic hydroxyl groups excluding tert-OH is 1. The zero-order valence-corrected chi connectivity index (χ0v) is 11.9. The molecule has 0 aromatic heterocycles. The molecule has 0 unspecified atom stereocenters. The third-order valence-corrected chi connectivity index (χ3v) is 2.17. The molecule has 0 aromatic carbocycles. The van der Waals surface area contributed by atoms with Crippen molar-refractivity contribution in [2.75, 3.05) is 13.7 Å². The quantitative estimate of drug-likeness (QED) is 0.276.